The molecule has 7 heteroatoms. The molecule has 0 aromatic carbocycles. The minimum atomic E-state index is 0.402. The lowest BCUT2D eigenvalue weighted by atomic mass is 10.1. The van der Waals surface area contributed by atoms with E-state index in [2.05, 4.69) is 31.2 Å². The van der Waals surface area contributed by atoms with Gasteiger partial charge in [0.1, 0.15) is 0 Å². The number of rotatable bonds is 2. The summed E-state index contributed by atoms with van der Waals surface area (Å²) in [6.45, 7) is 6.96. The number of nitrogens with zero attached hydrogens (tertiary/aromatic N) is 2. The van der Waals surface area contributed by atoms with Crippen LogP contribution in [0.15, 0.2) is 0 Å². The summed E-state index contributed by atoms with van der Waals surface area (Å²) in [6, 6.07) is 1.96. The second-order valence-corrected chi connectivity index (χ2v) is 8.77. The number of fused-ring (bicyclic) bond motifs is 3. The summed E-state index contributed by atoms with van der Waals surface area (Å²) < 4.78 is 0. The molecule has 6 fully saturated rings. The summed E-state index contributed by atoms with van der Waals surface area (Å²) in [5.41, 5.74) is 0. The molecule has 0 aromatic heterocycles. The normalized spacial score (nSPS) is 54.5. The maximum Gasteiger partial charge on any atom is 0.0971 e. The first-order chi connectivity index (χ1) is 11.8. The molecular formula is C17H30N6O. The van der Waals surface area contributed by atoms with E-state index in [0.717, 1.165) is 31.6 Å². The molecule has 0 aliphatic carbocycles. The predicted molar refractivity (Wildman–Crippen MR) is 90.1 cm³/mol. The molecule has 0 radical (unpaired) electrons. The third kappa shape index (κ3) is 2.30. The van der Waals surface area contributed by atoms with Gasteiger partial charge in [-0.3, -0.25) is 20.4 Å². The van der Waals surface area contributed by atoms with E-state index in [1.807, 2.05) is 0 Å². The fourth-order valence-corrected chi connectivity index (χ4v) is 6.06. The van der Waals surface area contributed by atoms with Gasteiger partial charge < -0.3 is 10.6 Å². The SMILES string of the molecule is C1CC2CN(C3CC4NC(N5CC6CNCC6O5)CC4N3)CC2N1. The highest BCUT2D eigenvalue weighted by Gasteiger charge is 2.49. The Morgan fingerprint density at radius 2 is 1.71 bits per heavy atom. The Bertz CT molecular complexity index is 425. The van der Waals surface area contributed by atoms with Gasteiger partial charge in [-0.1, -0.05) is 0 Å². The molecule has 8 unspecified atom stereocenters. The quantitative estimate of drug-likeness (QED) is 0.490. The van der Waals surface area contributed by atoms with Crippen LogP contribution in [0.3, 0.4) is 0 Å². The summed E-state index contributed by atoms with van der Waals surface area (Å²) in [4.78, 5) is 8.87. The van der Waals surface area contributed by atoms with Gasteiger partial charge in [0.05, 0.1) is 18.4 Å². The van der Waals surface area contributed by atoms with Crippen molar-refractivity contribution in [3.8, 4) is 0 Å². The van der Waals surface area contributed by atoms with Gasteiger partial charge in [-0.05, 0) is 31.7 Å². The molecule has 6 aliphatic heterocycles. The van der Waals surface area contributed by atoms with Crippen LogP contribution in [0.1, 0.15) is 19.3 Å². The highest BCUT2D eigenvalue weighted by Crippen LogP contribution is 2.34. The minimum Gasteiger partial charge on any atom is -0.314 e. The molecule has 7 nitrogen and oxygen atoms in total. The topological polar surface area (TPSA) is 63.8 Å². The van der Waals surface area contributed by atoms with Crippen molar-refractivity contribution in [1.29, 1.82) is 0 Å². The fraction of sp³-hybridized carbons (Fsp3) is 1.00. The van der Waals surface area contributed by atoms with Crippen molar-refractivity contribution in [3.05, 3.63) is 0 Å². The van der Waals surface area contributed by atoms with E-state index in [-0.39, 0.29) is 0 Å². The standard InChI is InChI=1S/C17H30N6O/c1-2-19-14-9-22(7-10(1)14)16-3-12-13(20-16)4-17(21-12)23-8-11-5-18-6-15(11)24-23/h10-21H,1-9H2. The molecule has 6 heterocycles. The van der Waals surface area contributed by atoms with Crippen molar-refractivity contribution in [1.82, 2.24) is 31.2 Å². The molecule has 0 amide bonds. The van der Waals surface area contributed by atoms with E-state index < -0.39 is 0 Å². The van der Waals surface area contributed by atoms with Gasteiger partial charge in [-0.15, -0.1) is 0 Å². The molecule has 8 atom stereocenters. The maximum absolute atomic E-state index is 6.17. The Morgan fingerprint density at radius 1 is 0.833 bits per heavy atom. The van der Waals surface area contributed by atoms with Crippen LogP contribution >= 0.6 is 0 Å². The van der Waals surface area contributed by atoms with Crippen LogP contribution in [0.2, 0.25) is 0 Å². The Morgan fingerprint density at radius 3 is 2.58 bits per heavy atom. The van der Waals surface area contributed by atoms with Crippen LogP contribution in [-0.2, 0) is 4.84 Å². The Kier molecular flexibility index (Phi) is 3.47. The molecule has 134 valence electrons. The van der Waals surface area contributed by atoms with Crippen LogP contribution in [0, 0.1) is 11.8 Å². The van der Waals surface area contributed by atoms with Crippen LogP contribution in [-0.4, -0.2) is 85.8 Å². The Balaban J connectivity index is 1.05. The van der Waals surface area contributed by atoms with Gasteiger partial charge in [0.2, 0.25) is 0 Å². The number of likely N-dealkylation sites (tertiary alicyclic amines) is 1. The lowest BCUT2D eigenvalue weighted by molar-refractivity contribution is -0.174. The lowest BCUT2D eigenvalue weighted by Gasteiger charge is -2.29. The molecule has 6 saturated heterocycles. The van der Waals surface area contributed by atoms with Gasteiger partial charge in [0, 0.05) is 56.8 Å². The molecule has 0 saturated carbocycles. The molecule has 0 bridgehead atoms. The van der Waals surface area contributed by atoms with Crippen molar-refractivity contribution in [2.24, 2.45) is 11.8 Å². The third-order valence-corrected chi connectivity index (χ3v) is 7.40. The number of hydrogen-bond donors (Lipinski definition) is 4. The first-order valence-electron chi connectivity index (χ1n) is 9.97. The largest absolute Gasteiger partial charge is 0.314 e. The van der Waals surface area contributed by atoms with Gasteiger partial charge >= 0.3 is 0 Å². The van der Waals surface area contributed by atoms with Crippen LogP contribution in [0.4, 0.5) is 0 Å². The van der Waals surface area contributed by atoms with Gasteiger partial charge in [-0.25, -0.2) is 0 Å². The number of hydrogen-bond acceptors (Lipinski definition) is 7. The highest BCUT2D eigenvalue weighted by atomic mass is 16.7. The first kappa shape index (κ1) is 14.8. The second kappa shape index (κ2) is 5.61. The summed E-state index contributed by atoms with van der Waals surface area (Å²) in [5, 5.41) is 17.1. The molecule has 4 N–H and O–H groups in total. The van der Waals surface area contributed by atoms with Crippen LogP contribution in [0.5, 0.6) is 0 Å². The van der Waals surface area contributed by atoms with Crippen molar-refractivity contribution in [2.75, 3.05) is 39.3 Å². The lowest BCUT2D eigenvalue weighted by Crippen LogP contribution is -2.47. The Hall–Kier alpha value is -0.280. The van der Waals surface area contributed by atoms with E-state index >= 15 is 0 Å². The summed E-state index contributed by atoms with van der Waals surface area (Å²) in [6.07, 6.45) is 5.16. The van der Waals surface area contributed by atoms with Crippen molar-refractivity contribution in [2.45, 2.75) is 55.8 Å². The van der Waals surface area contributed by atoms with Crippen molar-refractivity contribution < 1.29 is 4.84 Å². The minimum absolute atomic E-state index is 0.402. The Labute approximate surface area is 143 Å². The van der Waals surface area contributed by atoms with Gasteiger partial charge in [0.15, 0.2) is 0 Å². The number of hydroxylamine groups is 2. The van der Waals surface area contributed by atoms with Crippen molar-refractivity contribution >= 4 is 0 Å². The summed E-state index contributed by atoms with van der Waals surface area (Å²) >= 11 is 0. The van der Waals surface area contributed by atoms with E-state index in [4.69, 9.17) is 4.84 Å². The van der Waals surface area contributed by atoms with Crippen LogP contribution < -0.4 is 21.3 Å². The van der Waals surface area contributed by atoms with E-state index in [9.17, 15) is 0 Å². The van der Waals surface area contributed by atoms with E-state index in [1.54, 1.807) is 0 Å². The molecule has 6 rings (SSSR count). The summed E-state index contributed by atoms with van der Waals surface area (Å²) in [5.74, 6) is 1.57. The number of nitrogens with one attached hydrogen (secondary N) is 4. The van der Waals surface area contributed by atoms with Gasteiger partial charge in [-0.2, -0.15) is 5.06 Å². The highest BCUT2D eigenvalue weighted by molar-refractivity contribution is 5.05. The van der Waals surface area contributed by atoms with Gasteiger partial charge in [0.25, 0.3) is 0 Å². The molecule has 0 aromatic rings. The monoisotopic (exact) mass is 334 g/mol. The van der Waals surface area contributed by atoms with E-state index in [0.29, 0.717) is 36.4 Å². The second-order valence-electron chi connectivity index (χ2n) is 8.77. The average molecular weight is 334 g/mol. The van der Waals surface area contributed by atoms with Crippen LogP contribution in [0.25, 0.3) is 0 Å². The van der Waals surface area contributed by atoms with E-state index in [1.165, 1.54) is 38.9 Å². The summed E-state index contributed by atoms with van der Waals surface area (Å²) in [7, 11) is 0. The maximum atomic E-state index is 6.17. The predicted octanol–water partition coefficient (Wildman–Crippen LogP) is -1.51. The smallest absolute Gasteiger partial charge is 0.0971 e. The molecule has 6 aliphatic rings. The average Bonchev–Trinajstić information content (AvgIpc) is 3.31. The third-order valence-electron chi connectivity index (χ3n) is 7.40. The zero-order valence-corrected chi connectivity index (χ0v) is 14.3. The van der Waals surface area contributed by atoms with Crippen molar-refractivity contribution in [3.63, 3.8) is 0 Å². The zero-order valence-electron chi connectivity index (χ0n) is 14.3. The first-order valence-corrected chi connectivity index (χ1v) is 9.97. The molecular weight excluding hydrogens is 304 g/mol. The molecule has 24 heavy (non-hydrogen) atoms. The fourth-order valence-electron chi connectivity index (χ4n) is 6.06. The zero-order chi connectivity index (χ0) is 15.7. The molecule has 0 spiro atoms.